The summed E-state index contributed by atoms with van der Waals surface area (Å²) < 4.78 is 5.02. The second-order valence-electron chi connectivity index (χ2n) is 3.51. The van der Waals surface area contributed by atoms with Crippen LogP contribution >= 0.6 is 11.3 Å². The molecule has 0 aliphatic carbocycles. The molecule has 0 aliphatic heterocycles. The maximum absolute atomic E-state index is 11.6. The van der Waals surface area contributed by atoms with Gasteiger partial charge >= 0.3 is 0 Å². The Balaban J connectivity index is 1.87. The van der Waals surface area contributed by atoms with Gasteiger partial charge in [0.15, 0.2) is 5.82 Å². The standard InChI is InChI=1S/C11H13N3O2S/c1-2-4-10-13-9(14-16-10)7-12-11(15)8-5-3-6-17-8/h3,5-6H,2,4,7H2,1H3,(H,12,15). The van der Waals surface area contributed by atoms with E-state index in [1.807, 2.05) is 18.4 Å². The Morgan fingerprint density at radius 3 is 3.18 bits per heavy atom. The zero-order chi connectivity index (χ0) is 12.1. The summed E-state index contributed by atoms with van der Waals surface area (Å²) >= 11 is 1.40. The number of thiophene rings is 1. The molecular weight excluding hydrogens is 238 g/mol. The van der Waals surface area contributed by atoms with Crippen LogP contribution in [0.1, 0.15) is 34.7 Å². The van der Waals surface area contributed by atoms with Crippen LogP contribution in [0.5, 0.6) is 0 Å². The Kier molecular flexibility index (Phi) is 3.87. The minimum Gasteiger partial charge on any atom is -0.344 e. The van der Waals surface area contributed by atoms with Crippen LogP contribution in [0.15, 0.2) is 22.0 Å². The molecule has 0 saturated heterocycles. The highest BCUT2D eigenvalue weighted by Crippen LogP contribution is 2.08. The second kappa shape index (κ2) is 5.58. The van der Waals surface area contributed by atoms with Crippen molar-refractivity contribution in [2.24, 2.45) is 0 Å². The quantitative estimate of drug-likeness (QED) is 0.882. The average molecular weight is 251 g/mol. The topological polar surface area (TPSA) is 68.0 Å². The number of amides is 1. The van der Waals surface area contributed by atoms with Crippen LogP contribution in [0, 0.1) is 0 Å². The minimum atomic E-state index is -0.109. The molecule has 0 fully saturated rings. The van der Waals surface area contributed by atoms with Crippen molar-refractivity contribution >= 4 is 17.2 Å². The number of rotatable bonds is 5. The van der Waals surface area contributed by atoms with Crippen molar-refractivity contribution < 1.29 is 9.32 Å². The first-order valence-corrected chi connectivity index (χ1v) is 6.30. The smallest absolute Gasteiger partial charge is 0.261 e. The molecule has 1 N–H and O–H groups in total. The Hall–Kier alpha value is -1.69. The number of aromatic nitrogens is 2. The van der Waals surface area contributed by atoms with E-state index in [9.17, 15) is 4.79 Å². The van der Waals surface area contributed by atoms with Gasteiger partial charge in [0.25, 0.3) is 5.91 Å². The molecule has 0 spiro atoms. The van der Waals surface area contributed by atoms with Crippen molar-refractivity contribution in [1.29, 1.82) is 0 Å². The lowest BCUT2D eigenvalue weighted by Gasteiger charge is -1.98. The molecule has 6 heteroatoms. The Labute approximate surface area is 103 Å². The van der Waals surface area contributed by atoms with E-state index in [-0.39, 0.29) is 5.91 Å². The van der Waals surface area contributed by atoms with E-state index < -0.39 is 0 Å². The number of carbonyl (C=O) groups is 1. The summed E-state index contributed by atoms with van der Waals surface area (Å²) in [7, 11) is 0. The van der Waals surface area contributed by atoms with Crippen LogP contribution < -0.4 is 5.32 Å². The third-order valence-corrected chi connectivity index (χ3v) is 2.99. The van der Waals surface area contributed by atoms with Gasteiger partial charge in [-0.15, -0.1) is 11.3 Å². The summed E-state index contributed by atoms with van der Waals surface area (Å²) in [5, 5.41) is 8.40. The fourth-order valence-electron chi connectivity index (χ4n) is 1.33. The van der Waals surface area contributed by atoms with Gasteiger partial charge in [0.1, 0.15) is 0 Å². The zero-order valence-corrected chi connectivity index (χ0v) is 10.3. The molecule has 0 atom stereocenters. The summed E-state index contributed by atoms with van der Waals surface area (Å²) in [5.41, 5.74) is 0. The summed E-state index contributed by atoms with van der Waals surface area (Å²) in [6, 6.07) is 3.62. The van der Waals surface area contributed by atoms with Gasteiger partial charge in [-0.2, -0.15) is 4.98 Å². The summed E-state index contributed by atoms with van der Waals surface area (Å²) in [4.78, 5) is 16.5. The predicted molar refractivity (Wildman–Crippen MR) is 63.8 cm³/mol. The molecule has 2 heterocycles. The summed E-state index contributed by atoms with van der Waals surface area (Å²) in [5.74, 6) is 1.02. The highest BCUT2D eigenvalue weighted by molar-refractivity contribution is 7.12. The second-order valence-corrected chi connectivity index (χ2v) is 4.46. The van der Waals surface area contributed by atoms with Gasteiger partial charge in [0.05, 0.1) is 11.4 Å². The molecule has 2 aromatic heterocycles. The van der Waals surface area contributed by atoms with Gasteiger partial charge in [-0.05, 0) is 17.9 Å². The van der Waals surface area contributed by atoms with Gasteiger partial charge in [-0.25, -0.2) is 0 Å². The number of carbonyl (C=O) groups excluding carboxylic acids is 1. The van der Waals surface area contributed by atoms with E-state index in [0.29, 0.717) is 23.1 Å². The number of hydrogen-bond donors (Lipinski definition) is 1. The summed E-state index contributed by atoms with van der Waals surface area (Å²) in [6.45, 7) is 2.34. The largest absolute Gasteiger partial charge is 0.344 e. The number of aryl methyl sites for hydroxylation is 1. The van der Waals surface area contributed by atoms with Crippen LogP contribution in [0.25, 0.3) is 0 Å². The molecule has 0 aromatic carbocycles. The van der Waals surface area contributed by atoms with E-state index in [0.717, 1.165) is 12.8 Å². The lowest BCUT2D eigenvalue weighted by atomic mass is 10.3. The molecule has 90 valence electrons. The minimum absolute atomic E-state index is 0.109. The normalized spacial score (nSPS) is 10.4. The first kappa shape index (κ1) is 11.8. The molecule has 2 rings (SSSR count). The summed E-state index contributed by atoms with van der Waals surface area (Å²) in [6.07, 6.45) is 1.73. The maximum Gasteiger partial charge on any atom is 0.261 e. The highest BCUT2D eigenvalue weighted by Gasteiger charge is 2.09. The van der Waals surface area contributed by atoms with Crippen LogP contribution in [0.3, 0.4) is 0 Å². The van der Waals surface area contributed by atoms with Crippen molar-refractivity contribution in [1.82, 2.24) is 15.5 Å². The molecule has 2 aromatic rings. The highest BCUT2D eigenvalue weighted by atomic mass is 32.1. The number of nitrogens with one attached hydrogen (secondary N) is 1. The lowest BCUT2D eigenvalue weighted by molar-refractivity contribution is 0.0953. The Morgan fingerprint density at radius 1 is 1.59 bits per heavy atom. The van der Waals surface area contributed by atoms with Crippen LogP contribution in [0.2, 0.25) is 0 Å². The Morgan fingerprint density at radius 2 is 2.47 bits per heavy atom. The molecule has 1 amide bonds. The molecule has 17 heavy (non-hydrogen) atoms. The van der Waals surface area contributed by atoms with E-state index >= 15 is 0 Å². The number of nitrogens with zero attached hydrogens (tertiary/aromatic N) is 2. The van der Waals surface area contributed by atoms with Gasteiger partial charge in [0, 0.05) is 6.42 Å². The van der Waals surface area contributed by atoms with E-state index in [2.05, 4.69) is 15.5 Å². The third kappa shape index (κ3) is 3.13. The van der Waals surface area contributed by atoms with Crippen LogP contribution in [-0.2, 0) is 13.0 Å². The monoisotopic (exact) mass is 251 g/mol. The van der Waals surface area contributed by atoms with Crippen molar-refractivity contribution in [3.63, 3.8) is 0 Å². The lowest BCUT2D eigenvalue weighted by Crippen LogP contribution is -2.22. The first-order chi connectivity index (χ1) is 8.29. The SMILES string of the molecule is CCCc1nc(CNC(=O)c2cccs2)no1. The first-order valence-electron chi connectivity index (χ1n) is 5.42. The van der Waals surface area contributed by atoms with Gasteiger partial charge in [0.2, 0.25) is 5.89 Å². The van der Waals surface area contributed by atoms with Gasteiger partial charge < -0.3 is 9.84 Å². The number of hydrogen-bond acceptors (Lipinski definition) is 5. The zero-order valence-electron chi connectivity index (χ0n) is 9.47. The van der Waals surface area contributed by atoms with Crippen molar-refractivity contribution in [2.45, 2.75) is 26.3 Å². The predicted octanol–water partition coefficient (Wildman–Crippen LogP) is 2.01. The fraction of sp³-hybridized carbons (Fsp3) is 0.364. The molecule has 5 nitrogen and oxygen atoms in total. The molecule has 0 saturated carbocycles. The maximum atomic E-state index is 11.6. The molecule has 0 radical (unpaired) electrons. The molecule has 0 bridgehead atoms. The van der Waals surface area contributed by atoms with Crippen molar-refractivity contribution in [3.8, 4) is 0 Å². The average Bonchev–Trinajstić information content (AvgIpc) is 2.97. The van der Waals surface area contributed by atoms with E-state index in [4.69, 9.17) is 4.52 Å². The molecule has 0 aliphatic rings. The van der Waals surface area contributed by atoms with Gasteiger partial charge in [-0.1, -0.05) is 18.1 Å². The molecular formula is C11H13N3O2S. The van der Waals surface area contributed by atoms with Crippen LogP contribution in [0.4, 0.5) is 0 Å². The van der Waals surface area contributed by atoms with Crippen molar-refractivity contribution in [2.75, 3.05) is 0 Å². The van der Waals surface area contributed by atoms with Crippen molar-refractivity contribution in [3.05, 3.63) is 34.1 Å². The van der Waals surface area contributed by atoms with Crippen LogP contribution in [-0.4, -0.2) is 16.0 Å². The fourth-order valence-corrected chi connectivity index (χ4v) is 1.97. The van der Waals surface area contributed by atoms with Gasteiger partial charge in [-0.3, -0.25) is 4.79 Å². The van der Waals surface area contributed by atoms with E-state index in [1.165, 1.54) is 11.3 Å². The third-order valence-electron chi connectivity index (χ3n) is 2.13. The Bertz CT molecular complexity index is 479. The van der Waals surface area contributed by atoms with E-state index in [1.54, 1.807) is 6.07 Å². The molecule has 0 unspecified atom stereocenters.